The number of carboxylic acid groups (broad SMARTS) is 1. The summed E-state index contributed by atoms with van der Waals surface area (Å²) in [5, 5.41) is 22.0. The summed E-state index contributed by atoms with van der Waals surface area (Å²) in [5.41, 5.74) is 0.781. The Balaban J connectivity index is 1.85. The average molecular weight is 381 g/mol. The molecule has 1 amide bonds. The summed E-state index contributed by atoms with van der Waals surface area (Å²) in [6.07, 6.45) is -5.61. The van der Waals surface area contributed by atoms with E-state index >= 15 is 0 Å². The third kappa shape index (κ3) is 4.45. The van der Waals surface area contributed by atoms with Gasteiger partial charge in [0.05, 0.1) is 6.61 Å². The third-order valence-electron chi connectivity index (χ3n) is 4.51. The molecule has 0 aliphatic carbocycles. The van der Waals surface area contributed by atoms with E-state index in [1.807, 2.05) is 30.3 Å². The summed E-state index contributed by atoms with van der Waals surface area (Å²) < 4.78 is 22.9. The summed E-state index contributed by atoms with van der Waals surface area (Å²) >= 11 is 0. The van der Waals surface area contributed by atoms with E-state index in [4.69, 9.17) is 18.9 Å². The van der Waals surface area contributed by atoms with Crippen LogP contribution in [-0.4, -0.2) is 65.4 Å². The number of benzene rings is 1. The number of ether oxygens (including phenoxy) is 4. The van der Waals surface area contributed by atoms with Crippen LogP contribution in [0.2, 0.25) is 0 Å². The van der Waals surface area contributed by atoms with Gasteiger partial charge in [0.25, 0.3) is 0 Å². The molecule has 3 rings (SSSR count). The van der Waals surface area contributed by atoms with Crippen molar-refractivity contribution < 1.29 is 38.7 Å². The number of aliphatic hydroxyl groups excluding tert-OH is 1. The van der Waals surface area contributed by atoms with Gasteiger partial charge < -0.3 is 34.5 Å². The van der Waals surface area contributed by atoms with Gasteiger partial charge in [-0.1, -0.05) is 30.3 Å². The number of carbonyl (C=O) groups excluding carboxylic acids is 1. The lowest BCUT2D eigenvalue weighted by Crippen LogP contribution is -2.67. The summed E-state index contributed by atoms with van der Waals surface area (Å²) in [6.45, 7) is 2.78. The largest absolute Gasteiger partial charge is 0.479 e. The van der Waals surface area contributed by atoms with E-state index in [1.165, 1.54) is 13.8 Å². The molecule has 0 unspecified atom stereocenters. The third-order valence-corrected chi connectivity index (χ3v) is 4.51. The van der Waals surface area contributed by atoms with Crippen LogP contribution in [0.4, 0.5) is 0 Å². The number of rotatable bonds is 5. The van der Waals surface area contributed by atoms with Crippen molar-refractivity contribution in [3.8, 4) is 0 Å². The molecule has 2 saturated heterocycles. The maximum atomic E-state index is 11.6. The molecule has 2 aliphatic rings. The minimum atomic E-state index is -1.39. The molecule has 3 N–H and O–H groups in total. The number of nitrogens with one attached hydrogen (secondary N) is 1. The van der Waals surface area contributed by atoms with Crippen molar-refractivity contribution in [2.24, 2.45) is 0 Å². The molecule has 7 atom stereocenters. The van der Waals surface area contributed by atoms with Gasteiger partial charge in [-0.05, 0) is 6.92 Å². The van der Waals surface area contributed by atoms with E-state index < -0.39 is 54.9 Å². The molecule has 0 aromatic heterocycles. The van der Waals surface area contributed by atoms with Gasteiger partial charge in [-0.3, -0.25) is 4.79 Å². The van der Waals surface area contributed by atoms with E-state index in [2.05, 4.69) is 5.32 Å². The first-order valence-corrected chi connectivity index (χ1v) is 8.67. The molecule has 2 heterocycles. The van der Waals surface area contributed by atoms with Crippen LogP contribution in [0, 0.1) is 0 Å². The first-order valence-electron chi connectivity index (χ1n) is 8.67. The van der Waals surface area contributed by atoms with Crippen molar-refractivity contribution in [2.45, 2.75) is 56.9 Å². The number of aliphatic hydroxyl groups is 1. The number of amides is 1. The van der Waals surface area contributed by atoms with Crippen molar-refractivity contribution in [3.63, 3.8) is 0 Å². The lowest BCUT2D eigenvalue weighted by molar-refractivity contribution is -0.344. The van der Waals surface area contributed by atoms with Crippen molar-refractivity contribution in [1.29, 1.82) is 0 Å². The second kappa shape index (κ2) is 8.32. The van der Waals surface area contributed by atoms with Crippen LogP contribution in [-0.2, 0) is 28.5 Å². The van der Waals surface area contributed by atoms with Gasteiger partial charge >= 0.3 is 5.97 Å². The number of carboxylic acids is 1. The SMILES string of the molecule is CC(=O)N[C@H]1[C@H](O[C@H](C)C(=O)O)[C@@H]2O[C@H](c3ccccc3)OC[C@@H]2O[C@H]1O. The fourth-order valence-electron chi connectivity index (χ4n) is 3.21. The first kappa shape index (κ1) is 19.7. The van der Waals surface area contributed by atoms with Gasteiger partial charge in [0.2, 0.25) is 5.91 Å². The zero-order chi connectivity index (χ0) is 19.6. The van der Waals surface area contributed by atoms with Crippen LogP contribution in [0.1, 0.15) is 25.7 Å². The zero-order valence-electron chi connectivity index (χ0n) is 15.0. The highest BCUT2D eigenvalue weighted by Crippen LogP contribution is 2.35. The van der Waals surface area contributed by atoms with Crippen molar-refractivity contribution in [1.82, 2.24) is 5.32 Å². The van der Waals surface area contributed by atoms with E-state index in [0.717, 1.165) is 5.56 Å². The number of fused-ring (bicyclic) bond motifs is 1. The quantitative estimate of drug-likeness (QED) is 0.660. The molecule has 0 spiro atoms. The highest BCUT2D eigenvalue weighted by Gasteiger charge is 2.51. The molecule has 27 heavy (non-hydrogen) atoms. The molecular weight excluding hydrogens is 358 g/mol. The van der Waals surface area contributed by atoms with Crippen LogP contribution in [0.3, 0.4) is 0 Å². The Bertz CT molecular complexity index is 669. The minimum absolute atomic E-state index is 0.120. The van der Waals surface area contributed by atoms with Crippen molar-refractivity contribution in [3.05, 3.63) is 35.9 Å². The Morgan fingerprint density at radius 1 is 1.26 bits per heavy atom. The first-order chi connectivity index (χ1) is 12.9. The minimum Gasteiger partial charge on any atom is -0.479 e. The zero-order valence-corrected chi connectivity index (χ0v) is 15.0. The monoisotopic (exact) mass is 381 g/mol. The predicted molar refractivity (Wildman–Crippen MR) is 90.5 cm³/mol. The van der Waals surface area contributed by atoms with Crippen LogP contribution in [0.5, 0.6) is 0 Å². The average Bonchev–Trinajstić information content (AvgIpc) is 2.64. The van der Waals surface area contributed by atoms with Crippen LogP contribution < -0.4 is 5.32 Å². The fourth-order valence-corrected chi connectivity index (χ4v) is 3.21. The number of hydrogen-bond acceptors (Lipinski definition) is 7. The second-order valence-electron chi connectivity index (χ2n) is 6.55. The Hall–Kier alpha value is -2.04. The second-order valence-corrected chi connectivity index (χ2v) is 6.55. The molecule has 148 valence electrons. The molecule has 1 aromatic rings. The Morgan fingerprint density at radius 2 is 1.96 bits per heavy atom. The summed E-state index contributed by atoms with van der Waals surface area (Å²) in [5.74, 6) is -1.58. The predicted octanol–water partition coefficient (Wildman–Crippen LogP) is 0.181. The molecule has 2 fully saturated rings. The van der Waals surface area contributed by atoms with E-state index in [-0.39, 0.29) is 6.61 Å². The lowest BCUT2D eigenvalue weighted by atomic mass is 9.95. The van der Waals surface area contributed by atoms with Crippen molar-refractivity contribution >= 4 is 11.9 Å². The maximum Gasteiger partial charge on any atom is 0.332 e. The van der Waals surface area contributed by atoms with E-state index in [9.17, 15) is 19.8 Å². The number of aliphatic carboxylic acids is 1. The summed E-state index contributed by atoms with van der Waals surface area (Å²) in [7, 11) is 0. The van der Waals surface area contributed by atoms with Gasteiger partial charge in [-0.25, -0.2) is 4.79 Å². The summed E-state index contributed by atoms with van der Waals surface area (Å²) in [4.78, 5) is 22.8. The Kier molecular flexibility index (Phi) is 6.08. The van der Waals surface area contributed by atoms with Gasteiger partial charge in [-0.2, -0.15) is 0 Å². The van der Waals surface area contributed by atoms with E-state index in [0.29, 0.717) is 0 Å². The lowest BCUT2D eigenvalue weighted by Gasteiger charge is -2.48. The van der Waals surface area contributed by atoms with Gasteiger partial charge in [-0.15, -0.1) is 0 Å². The van der Waals surface area contributed by atoms with Crippen LogP contribution in [0.15, 0.2) is 30.3 Å². The van der Waals surface area contributed by atoms with Gasteiger partial charge in [0, 0.05) is 12.5 Å². The fraction of sp³-hybridized carbons (Fsp3) is 0.556. The number of carbonyl (C=O) groups is 2. The Morgan fingerprint density at radius 3 is 2.59 bits per heavy atom. The molecule has 0 saturated carbocycles. The molecule has 9 heteroatoms. The summed E-state index contributed by atoms with van der Waals surface area (Å²) in [6, 6.07) is 8.24. The van der Waals surface area contributed by atoms with Crippen LogP contribution in [0.25, 0.3) is 0 Å². The standard InChI is InChI=1S/C18H23NO8/c1-9(16(21)22)25-15-13(19-10(2)20)17(23)26-12-8-24-18(27-14(12)15)11-6-4-3-5-7-11/h3-7,9,12-15,17-18,23H,8H2,1-2H3,(H,19,20)(H,21,22)/t9-,12+,13+,14-,15+,17-,18-/m1/s1. The highest BCUT2D eigenvalue weighted by atomic mass is 16.7. The molecule has 1 aromatic carbocycles. The topological polar surface area (TPSA) is 124 Å². The maximum absolute atomic E-state index is 11.6. The van der Waals surface area contributed by atoms with E-state index in [1.54, 1.807) is 0 Å². The molecule has 0 radical (unpaired) electrons. The molecule has 2 aliphatic heterocycles. The highest BCUT2D eigenvalue weighted by molar-refractivity contribution is 5.73. The smallest absolute Gasteiger partial charge is 0.332 e. The van der Waals surface area contributed by atoms with Crippen LogP contribution >= 0.6 is 0 Å². The molecule has 0 bridgehead atoms. The normalized spacial score (nSPS) is 34.3. The van der Waals surface area contributed by atoms with Gasteiger partial charge in [0.15, 0.2) is 18.7 Å². The molecular formula is C18H23NO8. The number of hydrogen-bond donors (Lipinski definition) is 3. The molecule has 9 nitrogen and oxygen atoms in total. The Labute approximate surface area is 156 Å². The van der Waals surface area contributed by atoms with Crippen molar-refractivity contribution in [2.75, 3.05) is 6.61 Å². The van der Waals surface area contributed by atoms with Gasteiger partial charge in [0.1, 0.15) is 24.4 Å².